The molecule has 1 heterocycles. The number of allylic oxidation sites excluding steroid dienone is 1. The van der Waals surface area contributed by atoms with Crippen LogP contribution in [0.25, 0.3) is 0 Å². The predicted octanol–water partition coefficient (Wildman–Crippen LogP) is 5.29. The molecule has 0 radical (unpaired) electrons. The highest BCUT2D eigenvalue weighted by molar-refractivity contribution is 9.10. The van der Waals surface area contributed by atoms with Gasteiger partial charge in [0.1, 0.15) is 34.6 Å². The third-order valence-corrected chi connectivity index (χ3v) is 5.80. The first kappa shape index (κ1) is 23.2. The van der Waals surface area contributed by atoms with Crippen LogP contribution in [0.1, 0.15) is 34.3 Å². The summed E-state index contributed by atoms with van der Waals surface area (Å²) in [6.45, 7) is 2.43. The minimum Gasteiger partial charge on any atom is -0.496 e. The minimum absolute atomic E-state index is 0.0166. The highest BCUT2D eigenvalue weighted by Gasteiger charge is 2.33. The van der Waals surface area contributed by atoms with Gasteiger partial charge in [-0.2, -0.15) is 5.26 Å². The Bertz CT molecular complexity index is 1310. The summed E-state index contributed by atoms with van der Waals surface area (Å²) < 4.78 is 23.0. The molecule has 4 rings (SSSR count). The fourth-order valence-corrected chi connectivity index (χ4v) is 4.15. The Morgan fingerprint density at radius 2 is 1.82 bits per heavy atom. The maximum atomic E-state index is 12.6. The number of nitrogens with zero attached hydrogens (tertiary/aromatic N) is 1. The lowest BCUT2D eigenvalue weighted by Gasteiger charge is -2.27. The Balaban J connectivity index is 1.67. The van der Waals surface area contributed by atoms with E-state index in [1.54, 1.807) is 49.6 Å². The third-order valence-electron chi connectivity index (χ3n) is 5.30. The van der Waals surface area contributed by atoms with E-state index in [4.69, 9.17) is 24.7 Å². The summed E-state index contributed by atoms with van der Waals surface area (Å²) >= 11 is 3.48. The zero-order valence-electron chi connectivity index (χ0n) is 18.5. The SMILES string of the molecule is CCOc1ccc(C(=O)Oc2ccc3c(c2)OC(N)=C(C#N)C3c2cc(Br)ccc2OC)cc1. The fraction of sp³-hybridized carbons (Fsp3) is 0.154. The quantitative estimate of drug-likeness (QED) is 0.347. The van der Waals surface area contributed by atoms with E-state index in [2.05, 4.69) is 22.0 Å². The first-order valence-corrected chi connectivity index (χ1v) is 11.2. The standard InChI is InChI=1S/C26H21BrN2O5/c1-3-32-17-7-4-15(5-8-17)26(30)33-18-9-10-19-23(13-18)34-25(29)21(14-28)24(19)20-12-16(27)6-11-22(20)31-2/h4-13,24H,3,29H2,1-2H3. The zero-order valence-corrected chi connectivity index (χ0v) is 20.1. The fourth-order valence-electron chi connectivity index (χ4n) is 3.77. The molecular formula is C26H21BrN2O5. The van der Waals surface area contributed by atoms with Crippen LogP contribution in [-0.2, 0) is 0 Å². The highest BCUT2D eigenvalue weighted by atomic mass is 79.9. The van der Waals surface area contributed by atoms with Crippen LogP contribution in [0.5, 0.6) is 23.0 Å². The number of hydrogen-bond donors (Lipinski definition) is 1. The number of nitriles is 1. The van der Waals surface area contributed by atoms with Gasteiger partial charge in [0.2, 0.25) is 5.88 Å². The van der Waals surface area contributed by atoms with Gasteiger partial charge in [0.25, 0.3) is 0 Å². The van der Waals surface area contributed by atoms with E-state index in [1.165, 1.54) is 0 Å². The van der Waals surface area contributed by atoms with Crippen molar-refractivity contribution in [2.75, 3.05) is 13.7 Å². The number of esters is 1. The summed E-state index contributed by atoms with van der Waals surface area (Å²) in [5, 5.41) is 9.81. The van der Waals surface area contributed by atoms with Crippen LogP contribution < -0.4 is 24.7 Å². The number of nitrogens with two attached hydrogens (primary N) is 1. The molecule has 0 amide bonds. The van der Waals surface area contributed by atoms with Crippen LogP contribution in [0.2, 0.25) is 0 Å². The summed E-state index contributed by atoms with van der Waals surface area (Å²) in [4.78, 5) is 12.6. The van der Waals surface area contributed by atoms with Crippen LogP contribution in [0.15, 0.2) is 76.6 Å². The van der Waals surface area contributed by atoms with Gasteiger partial charge in [-0.05, 0) is 55.5 Å². The van der Waals surface area contributed by atoms with Crippen LogP contribution in [0.3, 0.4) is 0 Å². The van der Waals surface area contributed by atoms with Crippen molar-refractivity contribution >= 4 is 21.9 Å². The normalized spacial score (nSPS) is 14.5. The molecule has 0 saturated heterocycles. The molecule has 2 N–H and O–H groups in total. The van der Waals surface area contributed by atoms with Gasteiger partial charge < -0.3 is 24.7 Å². The molecule has 1 aliphatic rings. The molecule has 0 fully saturated rings. The molecule has 1 atom stereocenters. The Kier molecular flexibility index (Phi) is 6.75. The van der Waals surface area contributed by atoms with E-state index in [9.17, 15) is 10.1 Å². The number of hydrogen-bond acceptors (Lipinski definition) is 7. The van der Waals surface area contributed by atoms with Crippen molar-refractivity contribution in [3.8, 4) is 29.1 Å². The first-order chi connectivity index (χ1) is 16.4. The number of methoxy groups -OCH3 is 1. The lowest BCUT2D eigenvalue weighted by Crippen LogP contribution is -2.21. The summed E-state index contributed by atoms with van der Waals surface area (Å²) in [5.74, 6) is 0.893. The smallest absolute Gasteiger partial charge is 0.343 e. The van der Waals surface area contributed by atoms with Crippen molar-refractivity contribution in [2.45, 2.75) is 12.8 Å². The molecule has 0 bridgehead atoms. The van der Waals surface area contributed by atoms with Gasteiger partial charge in [0, 0.05) is 21.7 Å². The third kappa shape index (κ3) is 4.56. The number of rotatable bonds is 6. The summed E-state index contributed by atoms with van der Waals surface area (Å²) in [5.41, 5.74) is 8.20. The van der Waals surface area contributed by atoms with E-state index < -0.39 is 11.9 Å². The molecular weight excluding hydrogens is 500 g/mol. The van der Waals surface area contributed by atoms with Crippen molar-refractivity contribution in [3.63, 3.8) is 0 Å². The minimum atomic E-state index is -0.523. The molecule has 0 saturated carbocycles. The van der Waals surface area contributed by atoms with Crippen molar-refractivity contribution in [2.24, 2.45) is 5.73 Å². The number of benzene rings is 3. The number of carbonyl (C=O) groups is 1. The van der Waals surface area contributed by atoms with Gasteiger partial charge in [-0.15, -0.1) is 0 Å². The molecule has 0 spiro atoms. The van der Waals surface area contributed by atoms with E-state index in [0.717, 1.165) is 10.0 Å². The number of fused-ring (bicyclic) bond motifs is 1. The molecule has 3 aromatic rings. The highest BCUT2D eigenvalue weighted by Crippen LogP contribution is 2.46. The van der Waals surface area contributed by atoms with Crippen LogP contribution in [-0.4, -0.2) is 19.7 Å². The van der Waals surface area contributed by atoms with E-state index in [0.29, 0.717) is 35.0 Å². The Morgan fingerprint density at radius 1 is 1.09 bits per heavy atom. The molecule has 8 heteroatoms. The maximum absolute atomic E-state index is 12.6. The van der Waals surface area contributed by atoms with Gasteiger partial charge in [-0.1, -0.05) is 22.0 Å². The molecule has 0 aliphatic carbocycles. The van der Waals surface area contributed by atoms with E-state index in [-0.39, 0.29) is 17.2 Å². The second-order valence-corrected chi connectivity index (χ2v) is 8.27. The molecule has 1 aliphatic heterocycles. The summed E-state index contributed by atoms with van der Waals surface area (Å²) in [6.07, 6.45) is 0. The number of ether oxygens (including phenoxy) is 4. The molecule has 0 aromatic heterocycles. The summed E-state index contributed by atoms with van der Waals surface area (Å²) in [7, 11) is 1.57. The van der Waals surface area contributed by atoms with Gasteiger partial charge in [-0.3, -0.25) is 0 Å². The molecule has 172 valence electrons. The monoisotopic (exact) mass is 520 g/mol. The average molecular weight is 521 g/mol. The number of halogens is 1. The first-order valence-electron chi connectivity index (χ1n) is 10.4. The summed E-state index contributed by atoms with van der Waals surface area (Å²) in [6, 6.07) is 19.4. The van der Waals surface area contributed by atoms with Crippen molar-refractivity contribution in [3.05, 3.63) is 93.3 Å². The van der Waals surface area contributed by atoms with Crippen molar-refractivity contribution in [1.82, 2.24) is 0 Å². The lowest BCUT2D eigenvalue weighted by atomic mass is 9.83. The molecule has 7 nitrogen and oxygen atoms in total. The molecule has 1 unspecified atom stereocenters. The van der Waals surface area contributed by atoms with Gasteiger partial charge in [-0.25, -0.2) is 4.79 Å². The van der Waals surface area contributed by atoms with Crippen LogP contribution >= 0.6 is 15.9 Å². The van der Waals surface area contributed by atoms with Crippen LogP contribution in [0, 0.1) is 11.3 Å². The van der Waals surface area contributed by atoms with E-state index in [1.807, 2.05) is 25.1 Å². The molecule has 3 aromatic carbocycles. The van der Waals surface area contributed by atoms with Crippen LogP contribution in [0.4, 0.5) is 0 Å². The lowest BCUT2D eigenvalue weighted by molar-refractivity contribution is 0.0734. The molecule has 34 heavy (non-hydrogen) atoms. The van der Waals surface area contributed by atoms with Gasteiger partial charge >= 0.3 is 5.97 Å². The topological polar surface area (TPSA) is 104 Å². The van der Waals surface area contributed by atoms with Gasteiger partial charge in [0.15, 0.2) is 0 Å². The van der Waals surface area contributed by atoms with Crippen molar-refractivity contribution < 1.29 is 23.7 Å². The largest absolute Gasteiger partial charge is 0.496 e. The number of carbonyl (C=O) groups excluding carboxylic acids is 1. The Hall–Kier alpha value is -3.96. The Morgan fingerprint density at radius 3 is 2.50 bits per heavy atom. The second-order valence-electron chi connectivity index (χ2n) is 7.36. The maximum Gasteiger partial charge on any atom is 0.343 e. The average Bonchev–Trinajstić information content (AvgIpc) is 2.83. The second kappa shape index (κ2) is 9.89. The Labute approximate surface area is 205 Å². The van der Waals surface area contributed by atoms with Crippen molar-refractivity contribution in [1.29, 1.82) is 5.26 Å². The van der Waals surface area contributed by atoms with Gasteiger partial charge in [0.05, 0.1) is 25.2 Å². The zero-order chi connectivity index (χ0) is 24.2. The van der Waals surface area contributed by atoms with E-state index >= 15 is 0 Å². The predicted molar refractivity (Wildman–Crippen MR) is 129 cm³/mol.